The Bertz CT molecular complexity index is 839. The summed E-state index contributed by atoms with van der Waals surface area (Å²) in [6, 6.07) is 13.5. The van der Waals surface area contributed by atoms with E-state index < -0.39 is 0 Å². The summed E-state index contributed by atoms with van der Waals surface area (Å²) in [5.41, 5.74) is 2.07. The monoisotopic (exact) mass is 526 g/mol. The van der Waals surface area contributed by atoms with E-state index in [9.17, 15) is 5.11 Å². The predicted molar refractivity (Wildman–Crippen MR) is 132 cm³/mol. The smallest absolute Gasteiger partial charge is 0.193 e. The first-order chi connectivity index (χ1) is 14.2. The number of hydrogen-bond donors (Lipinski definition) is 2. The van der Waals surface area contributed by atoms with Gasteiger partial charge in [0.1, 0.15) is 5.75 Å². The number of nitrogens with zero attached hydrogens (tertiary/aromatic N) is 3. The summed E-state index contributed by atoms with van der Waals surface area (Å²) in [7, 11) is 5.10. The molecule has 164 valence electrons. The number of ether oxygens (including phenoxy) is 2. The van der Waals surface area contributed by atoms with Crippen LogP contribution in [0.15, 0.2) is 47.5 Å². The number of piperazine rings is 1. The number of aromatic hydroxyl groups is 1. The fourth-order valence-electron chi connectivity index (χ4n) is 3.58. The predicted octanol–water partition coefficient (Wildman–Crippen LogP) is 2.97. The van der Waals surface area contributed by atoms with Gasteiger partial charge < -0.3 is 29.7 Å². The second kappa shape index (κ2) is 11.7. The molecule has 1 aliphatic heterocycles. The van der Waals surface area contributed by atoms with E-state index in [1.165, 1.54) is 5.56 Å². The average Bonchev–Trinajstić information content (AvgIpc) is 2.77. The molecule has 0 aromatic heterocycles. The maximum absolute atomic E-state index is 10.1. The van der Waals surface area contributed by atoms with Crippen molar-refractivity contribution >= 4 is 35.6 Å². The number of benzene rings is 2. The van der Waals surface area contributed by atoms with Gasteiger partial charge in [0.05, 0.1) is 19.9 Å². The highest BCUT2D eigenvalue weighted by molar-refractivity contribution is 14.0. The first kappa shape index (κ1) is 23.9. The molecule has 0 atom stereocenters. The fraction of sp³-hybridized carbons (Fsp3) is 0.409. The Labute approximate surface area is 195 Å². The van der Waals surface area contributed by atoms with Crippen molar-refractivity contribution in [2.24, 2.45) is 4.99 Å². The normalized spacial score (nSPS) is 14.2. The molecule has 1 saturated heterocycles. The quantitative estimate of drug-likeness (QED) is 0.343. The van der Waals surface area contributed by atoms with Gasteiger partial charge in [-0.25, -0.2) is 0 Å². The molecular weight excluding hydrogens is 495 g/mol. The van der Waals surface area contributed by atoms with Gasteiger partial charge in [0, 0.05) is 39.8 Å². The molecule has 0 spiro atoms. The van der Waals surface area contributed by atoms with Crippen LogP contribution in [0.5, 0.6) is 17.2 Å². The Morgan fingerprint density at radius 1 is 1.03 bits per heavy atom. The molecule has 0 amide bonds. The fourth-order valence-corrected chi connectivity index (χ4v) is 3.58. The molecule has 8 heteroatoms. The van der Waals surface area contributed by atoms with E-state index >= 15 is 0 Å². The summed E-state index contributed by atoms with van der Waals surface area (Å²) in [4.78, 5) is 8.90. The van der Waals surface area contributed by atoms with Gasteiger partial charge in [-0.05, 0) is 36.2 Å². The molecule has 7 nitrogen and oxygen atoms in total. The highest BCUT2D eigenvalue weighted by Crippen LogP contribution is 2.28. The van der Waals surface area contributed by atoms with Crippen molar-refractivity contribution in [1.29, 1.82) is 0 Å². The molecular formula is C22H31IN4O3. The number of anilines is 1. The number of rotatable bonds is 6. The number of nitrogens with one attached hydrogen (secondary N) is 1. The van der Waals surface area contributed by atoms with Crippen LogP contribution in [-0.4, -0.2) is 70.0 Å². The van der Waals surface area contributed by atoms with Crippen molar-refractivity contribution in [2.75, 3.05) is 58.9 Å². The molecule has 0 aliphatic carbocycles. The van der Waals surface area contributed by atoms with Crippen LogP contribution in [0.2, 0.25) is 0 Å². The lowest BCUT2D eigenvalue weighted by molar-refractivity contribution is 0.354. The number of phenols is 1. The summed E-state index contributed by atoms with van der Waals surface area (Å²) in [6.07, 6.45) is 0.858. The van der Waals surface area contributed by atoms with Crippen LogP contribution in [0.4, 0.5) is 5.69 Å². The highest BCUT2D eigenvalue weighted by atomic mass is 127. The number of aliphatic imine (C=N–C) groups is 1. The van der Waals surface area contributed by atoms with Crippen molar-refractivity contribution in [3.05, 3.63) is 48.0 Å². The minimum Gasteiger partial charge on any atom is -0.506 e. The molecule has 3 rings (SSSR count). The third kappa shape index (κ3) is 5.84. The van der Waals surface area contributed by atoms with Crippen molar-refractivity contribution in [1.82, 2.24) is 10.2 Å². The summed E-state index contributed by atoms with van der Waals surface area (Å²) in [6.45, 7) is 4.17. The van der Waals surface area contributed by atoms with Crippen molar-refractivity contribution in [2.45, 2.75) is 6.42 Å². The van der Waals surface area contributed by atoms with E-state index in [1.807, 2.05) is 37.4 Å². The van der Waals surface area contributed by atoms with E-state index in [-0.39, 0.29) is 24.0 Å². The third-order valence-corrected chi connectivity index (χ3v) is 5.16. The van der Waals surface area contributed by atoms with E-state index in [1.54, 1.807) is 20.3 Å². The molecule has 2 aromatic carbocycles. The van der Waals surface area contributed by atoms with Crippen LogP contribution in [-0.2, 0) is 6.42 Å². The summed E-state index contributed by atoms with van der Waals surface area (Å²) >= 11 is 0. The number of methoxy groups -OCH3 is 2. The lowest BCUT2D eigenvalue weighted by atomic mass is 10.1. The van der Waals surface area contributed by atoms with Crippen molar-refractivity contribution in [3.8, 4) is 17.2 Å². The zero-order valence-corrected chi connectivity index (χ0v) is 20.1. The number of guanidine groups is 1. The molecule has 30 heavy (non-hydrogen) atoms. The Balaban J connectivity index is 0.00000320. The van der Waals surface area contributed by atoms with Gasteiger partial charge in [0.2, 0.25) is 0 Å². The average molecular weight is 526 g/mol. The third-order valence-electron chi connectivity index (χ3n) is 5.16. The minimum absolute atomic E-state index is 0. The van der Waals surface area contributed by atoms with Crippen molar-refractivity contribution < 1.29 is 14.6 Å². The largest absolute Gasteiger partial charge is 0.506 e. The van der Waals surface area contributed by atoms with Crippen LogP contribution in [0.1, 0.15) is 5.56 Å². The molecule has 0 radical (unpaired) electrons. The molecule has 1 aliphatic rings. The second-order valence-corrected chi connectivity index (χ2v) is 6.88. The van der Waals surface area contributed by atoms with Gasteiger partial charge in [-0.3, -0.25) is 4.99 Å². The summed E-state index contributed by atoms with van der Waals surface area (Å²) < 4.78 is 10.7. The van der Waals surface area contributed by atoms with Crippen molar-refractivity contribution in [3.63, 3.8) is 0 Å². The van der Waals surface area contributed by atoms with Crippen LogP contribution < -0.4 is 19.7 Å². The lowest BCUT2D eigenvalue weighted by Crippen LogP contribution is -2.52. The van der Waals surface area contributed by atoms with Gasteiger partial charge in [0.25, 0.3) is 0 Å². The Kier molecular flexibility index (Phi) is 9.35. The molecule has 0 unspecified atom stereocenters. The molecule has 2 N–H and O–H groups in total. The lowest BCUT2D eigenvalue weighted by Gasteiger charge is -2.37. The van der Waals surface area contributed by atoms with Crippen LogP contribution in [0, 0.1) is 0 Å². The van der Waals surface area contributed by atoms with Crippen LogP contribution >= 0.6 is 24.0 Å². The molecule has 1 heterocycles. The molecule has 1 fully saturated rings. The van der Waals surface area contributed by atoms with Gasteiger partial charge in [-0.2, -0.15) is 0 Å². The Morgan fingerprint density at radius 2 is 1.73 bits per heavy atom. The summed E-state index contributed by atoms with van der Waals surface area (Å²) in [5, 5.41) is 13.5. The highest BCUT2D eigenvalue weighted by Gasteiger charge is 2.21. The van der Waals surface area contributed by atoms with E-state index in [2.05, 4.69) is 26.2 Å². The molecule has 0 saturated carbocycles. The number of halogens is 1. The van der Waals surface area contributed by atoms with E-state index in [4.69, 9.17) is 9.47 Å². The Morgan fingerprint density at radius 3 is 2.37 bits per heavy atom. The van der Waals surface area contributed by atoms with Crippen LogP contribution in [0.3, 0.4) is 0 Å². The number of phenolic OH excluding ortho intramolecular Hbond substituents is 1. The Hall–Kier alpha value is -2.36. The van der Waals surface area contributed by atoms with E-state index in [0.29, 0.717) is 5.75 Å². The van der Waals surface area contributed by atoms with Crippen LogP contribution in [0.25, 0.3) is 0 Å². The topological polar surface area (TPSA) is 69.6 Å². The van der Waals surface area contributed by atoms with Gasteiger partial charge in [-0.1, -0.05) is 18.2 Å². The number of para-hydroxylation sites is 2. The zero-order valence-electron chi connectivity index (χ0n) is 17.8. The SMILES string of the molecule is CN=C(NCCc1ccc(OC)c(OC)c1)N1CCN(c2ccccc2O)CC1.I. The zero-order chi connectivity index (χ0) is 20.6. The van der Waals surface area contributed by atoms with Gasteiger partial charge in [0.15, 0.2) is 17.5 Å². The number of hydrogen-bond acceptors (Lipinski definition) is 5. The standard InChI is InChI=1S/C22H30N4O3.HI/c1-23-22(24-11-10-17-8-9-20(28-2)21(16-17)29-3)26-14-12-25(13-15-26)18-6-4-5-7-19(18)27;/h4-9,16,27H,10-15H2,1-3H3,(H,23,24);1H. The molecule has 0 bridgehead atoms. The molecule has 2 aromatic rings. The van der Waals surface area contributed by atoms with Gasteiger partial charge in [-0.15, -0.1) is 24.0 Å². The first-order valence-electron chi connectivity index (χ1n) is 9.85. The van der Waals surface area contributed by atoms with Gasteiger partial charge >= 0.3 is 0 Å². The van der Waals surface area contributed by atoms with E-state index in [0.717, 1.165) is 62.3 Å². The maximum atomic E-state index is 10.1. The maximum Gasteiger partial charge on any atom is 0.193 e. The minimum atomic E-state index is 0. The second-order valence-electron chi connectivity index (χ2n) is 6.88. The summed E-state index contributed by atoms with van der Waals surface area (Å²) in [5.74, 6) is 2.72. The first-order valence-corrected chi connectivity index (χ1v) is 9.85.